The van der Waals surface area contributed by atoms with Crippen LogP contribution in [0.4, 0.5) is 0 Å². The highest BCUT2D eigenvalue weighted by Crippen LogP contribution is 2.26. The van der Waals surface area contributed by atoms with E-state index in [1.54, 1.807) is 0 Å². The molecule has 1 aromatic rings. The van der Waals surface area contributed by atoms with Gasteiger partial charge in [0.25, 0.3) is 0 Å². The molecule has 66 valence electrons. The number of fused-ring (bicyclic) bond motifs is 1. The fraction of sp³-hybridized carbons (Fsp3) is 0.333. The van der Waals surface area contributed by atoms with Crippen molar-refractivity contribution in [2.75, 3.05) is 6.61 Å². The van der Waals surface area contributed by atoms with Crippen LogP contribution in [0.25, 0.3) is 0 Å². The lowest BCUT2D eigenvalue weighted by molar-refractivity contribution is 0.0814. The fourth-order valence-electron chi connectivity index (χ4n) is 1.70. The molecule has 0 spiro atoms. The Kier molecular flexibility index (Phi) is 2.08. The standard InChI is InChI=1S/C12H12O/c1-3-12-11-8-9(2)4-5-10(11)6-7-13-12/h1,4-5,8,12H,6-7H2,2H3/t12-/m1/s1. The van der Waals surface area contributed by atoms with Crippen LogP contribution in [0.2, 0.25) is 0 Å². The molecule has 0 bridgehead atoms. The Labute approximate surface area is 78.7 Å². The van der Waals surface area contributed by atoms with Gasteiger partial charge in [0.05, 0.1) is 6.61 Å². The molecule has 0 radical (unpaired) electrons. The minimum Gasteiger partial charge on any atom is -0.360 e. The van der Waals surface area contributed by atoms with Crippen LogP contribution < -0.4 is 0 Å². The predicted octanol–water partition coefficient (Wildman–Crippen LogP) is 2.24. The van der Waals surface area contributed by atoms with Gasteiger partial charge in [-0.25, -0.2) is 0 Å². The van der Waals surface area contributed by atoms with Crippen LogP contribution in [0.5, 0.6) is 0 Å². The van der Waals surface area contributed by atoms with Crippen LogP contribution in [0.3, 0.4) is 0 Å². The van der Waals surface area contributed by atoms with Gasteiger partial charge in [-0.3, -0.25) is 0 Å². The average molecular weight is 172 g/mol. The lowest BCUT2D eigenvalue weighted by Crippen LogP contribution is -2.14. The summed E-state index contributed by atoms with van der Waals surface area (Å²) >= 11 is 0. The fourth-order valence-corrected chi connectivity index (χ4v) is 1.70. The lowest BCUT2D eigenvalue weighted by Gasteiger charge is -2.22. The Hall–Kier alpha value is -1.26. The van der Waals surface area contributed by atoms with E-state index in [-0.39, 0.29) is 6.10 Å². The molecule has 1 atom stereocenters. The quantitative estimate of drug-likeness (QED) is 0.545. The molecule has 0 amide bonds. The highest BCUT2D eigenvalue weighted by atomic mass is 16.5. The Morgan fingerprint density at radius 2 is 2.38 bits per heavy atom. The van der Waals surface area contributed by atoms with Crippen molar-refractivity contribution in [2.45, 2.75) is 19.4 Å². The molecule has 1 heterocycles. The Balaban J connectivity index is 2.49. The monoisotopic (exact) mass is 172 g/mol. The number of terminal acetylenes is 1. The van der Waals surface area contributed by atoms with Crippen molar-refractivity contribution in [1.29, 1.82) is 0 Å². The normalized spacial score (nSPS) is 20.5. The van der Waals surface area contributed by atoms with E-state index in [2.05, 4.69) is 31.0 Å². The molecule has 2 rings (SSSR count). The van der Waals surface area contributed by atoms with Gasteiger partial charge in [-0.05, 0) is 24.5 Å². The van der Waals surface area contributed by atoms with Crippen LogP contribution in [0.15, 0.2) is 18.2 Å². The summed E-state index contributed by atoms with van der Waals surface area (Å²) in [6, 6.07) is 6.40. The van der Waals surface area contributed by atoms with E-state index >= 15 is 0 Å². The summed E-state index contributed by atoms with van der Waals surface area (Å²) in [5, 5.41) is 0. The molecule has 1 nitrogen and oxygen atoms in total. The Morgan fingerprint density at radius 3 is 3.15 bits per heavy atom. The molecule has 1 aromatic carbocycles. The van der Waals surface area contributed by atoms with Crippen LogP contribution >= 0.6 is 0 Å². The van der Waals surface area contributed by atoms with E-state index in [0.717, 1.165) is 13.0 Å². The van der Waals surface area contributed by atoms with Crippen LogP contribution in [0.1, 0.15) is 22.8 Å². The number of benzene rings is 1. The van der Waals surface area contributed by atoms with Crippen LogP contribution in [-0.4, -0.2) is 6.61 Å². The minimum absolute atomic E-state index is 0.136. The zero-order valence-electron chi connectivity index (χ0n) is 7.71. The largest absolute Gasteiger partial charge is 0.360 e. The van der Waals surface area contributed by atoms with Crippen molar-refractivity contribution in [2.24, 2.45) is 0 Å². The highest BCUT2D eigenvalue weighted by Gasteiger charge is 2.18. The van der Waals surface area contributed by atoms with E-state index < -0.39 is 0 Å². The first kappa shape index (κ1) is 8.34. The highest BCUT2D eigenvalue weighted by molar-refractivity contribution is 5.37. The number of aryl methyl sites for hydroxylation is 1. The molecule has 1 heteroatoms. The SMILES string of the molecule is C#C[C@H]1OCCc2ccc(C)cc21. The zero-order valence-corrected chi connectivity index (χ0v) is 7.71. The second kappa shape index (κ2) is 3.24. The Morgan fingerprint density at radius 1 is 1.54 bits per heavy atom. The van der Waals surface area contributed by atoms with E-state index in [0.29, 0.717) is 0 Å². The lowest BCUT2D eigenvalue weighted by atomic mass is 9.96. The van der Waals surface area contributed by atoms with Crippen molar-refractivity contribution in [3.8, 4) is 12.3 Å². The van der Waals surface area contributed by atoms with Crippen molar-refractivity contribution in [3.63, 3.8) is 0 Å². The van der Waals surface area contributed by atoms with E-state index in [1.165, 1.54) is 16.7 Å². The molecular weight excluding hydrogens is 160 g/mol. The maximum atomic E-state index is 5.47. The second-order valence-corrected chi connectivity index (χ2v) is 3.37. The number of hydrogen-bond donors (Lipinski definition) is 0. The van der Waals surface area contributed by atoms with Gasteiger partial charge in [-0.15, -0.1) is 6.42 Å². The van der Waals surface area contributed by atoms with Gasteiger partial charge in [-0.2, -0.15) is 0 Å². The molecule has 0 unspecified atom stereocenters. The van der Waals surface area contributed by atoms with E-state index in [4.69, 9.17) is 11.2 Å². The molecule has 0 aliphatic carbocycles. The first-order valence-electron chi connectivity index (χ1n) is 4.48. The number of hydrogen-bond acceptors (Lipinski definition) is 1. The van der Waals surface area contributed by atoms with Crippen LogP contribution in [-0.2, 0) is 11.2 Å². The maximum absolute atomic E-state index is 5.47. The van der Waals surface area contributed by atoms with Crippen molar-refractivity contribution < 1.29 is 4.74 Å². The van der Waals surface area contributed by atoms with Crippen molar-refractivity contribution in [1.82, 2.24) is 0 Å². The zero-order chi connectivity index (χ0) is 9.26. The summed E-state index contributed by atoms with van der Waals surface area (Å²) in [4.78, 5) is 0. The summed E-state index contributed by atoms with van der Waals surface area (Å²) in [6.45, 7) is 2.81. The second-order valence-electron chi connectivity index (χ2n) is 3.37. The topological polar surface area (TPSA) is 9.23 Å². The molecule has 0 saturated heterocycles. The minimum atomic E-state index is -0.136. The smallest absolute Gasteiger partial charge is 0.143 e. The van der Waals surface area contributed by atoms with Crippen molar-refractivity contribution in [3.05, 3.63) is 34.9 Å². The molecule has 13 heavy (non-hydrogen) atoms. The summed E-state index contributed by atoms with van der Waals surface area (Å²) in [5.74, 6) is 2.67. The van der Waals surface area contributed by atoms with Gasteiger partial charge in [0, 0.05) is 0 Å². The summed E-state index contributed by atoms with van der Waals surface area (Å²) < 4.78 is 5.47. The molecule has 0 N–H and O–H groups in total. The number of ether oxygens (including phenoxy) is 1. The summed E-state index contributed by atoms with van der Waals surface area (Å²) in [5.41, 5.74) is 3.75. The van der Waals surface area contributed by atoms with Gasteiger partial charge >= 0.3 is 0 Å². The summed E-state index contributed by atoms with van der Waals surface area (Å²) in [6.07, 6.45) is 6.24. The molecule has 0 fully saturated rings. The average Bonchev–Trinajstić information content (AvgIpc) is 2.17. The first-order chi connectivity index (χ1) is 6.31. The van der Waals surface area contributed by atoms with E-state index in [1.807, 2.05) is 0 Å². The summed E-state index contributed by atoms with van der Waals surface area (Å²) in [7, 11) is 0. The third kappa shape index (κ3) is 1.46. The molecule has 0 aromatic heterocycles. The van der Waals surface area contributed by atoms with Gasteiger partial charge in [0.1, 0.15) is 6.10 Å². The maximum Gasteiger partial charge on any atom is 0.143 e. The molecular formula is C12H12O. The third-order valence-electron chi connectivity index (χ3n) is 2.39. The third-order valence-corrected chi connectivity index (χ3v) is 2.39. The van der Waals surface area contributed by atoms with Gasteiger partial charge in [-0.1, -0.05) is 29.7 Å². The van der Waals surface area contributed by atoms with E-state index in [9.17, 15) is 0 Å². The number of rotatable bonds is 0. The molecule has 0 saturated carbocycles. The Bertz CT molecular complexity index is 360. The predicted molar refractivity (Wildman–Crippen MR) is 52.4 cm³/mol. The van der Waals surface area contributed by atoms with Gasteiger partial charge in [0.15, 0.2) is 0 Å². The van der Waals surface area contributed by atoms with Crippen molar-refractivity contribution >= 4 is 0 Å². The van der Waals surface area contributed by atoms with Gasteiger partial charge in [0.2, 0.25) is 0 Å². The molecule has 1 aliphatic rings. The first-order valence-corrected chi connectivity index (χ1v) is 4.48. The van der Waals surface area contributed by atoms with Gasteiger partial charge < -0.3 is 4.74 Å². The van der Waals surface area contributed by atoms with Crippen LogP contribution in [0, 0.1) is 19.3 Å². The molecule has 1 aliphatic heterocycles.